The molecule has 1 aliphatic rings. The summed E-state index contributed by atoms with van der Waals surface area (Å²) < 4.78 is 16.1. The topological polar surface area (TPSA) is 90.9 Å². The normalized spacial score (nSPS) is 12.1. The zero-order valence-corrected chi connectivity index (χ0v) is 18.6. The molecule has 0 spiro atoms. The van der Waals surface area contributed by atoms with Gasteiger partial charge in [-0.1, -0.05) is 41.4 Å². The molecule has 0 aliphatic carbocycles. The zero-order chi connectivity index (χ0) is 23.4. The highest BCUT2D eigenvalue weighted by Gasteiger charge is 2.22. The Kier molecular flexibility index (Phi) is 6.82. The summed E-state index contributed by atoms with van der Waals surface area (Å²) in [5.74, 6) is -0.804. The molecule has 0 fully saturated rings. The number of ketones is 1. The summed E-state index contributed by atoms with van der Waals surface area (Å²) in [5.41, 5.74) is 0.788. The Labute approximate surface area is 199 Å². The van der Waals surface area contributed by atoms with Crippen molar-refractivity contribution in [1.29, 1.82) is 0 Å². The maximum atomic E-state index is 13.1. The lowest BCUT2D eigenvalue weighted by atomic mass is 9.98. The van der Waals surface area contributed by atoms with E-state index in [1.54, 1.807) is 36.4 Å². The predicted molar refractivity (Wildman–Crippen MR) is 123 cm³/mol. The number of fused-ring (bicyclic) bond motifs is 1. The van der Waals surface area contributed by atoms with Gasteiger partial charge in [-0.15, -0.1) is 0 Å². The Hall–Kier alpha value is -3.55. The average molecular weight is 486 g/mol. The highest BCUT2D eigenvalue weighted by atomic mass is 35.5. The fourth-order valence-electron chi connectivity index (χ4n) is 3.19. The number of benzene rings is 3. The van der Waals surface area contributed by atoms with Crippen molar-refractivity contribution < 1.29 is 28.6 Å². The molecule has 3 aromatic rings. The second kappa shape index (κ2) is 9.94. The number of nitrogens with one attached hydrogen (secondary N) is 1. The van der Waals surface area contributed by atoms with E-state index in [-0.39, 0.29) is 16.1 Å². The summed E-state index contributed by atoms with van der Waals surface area (Å²) in [6, 6.07) is 15.6. The van der Waals surface area contributed by atoms with E-state index in [2.05, 4.69) is 5.32 Å². The fourth-order valence-corrected chi connectivity index (χ4v) is 3.52. The first-order valence-corrected chi connectivity index (χ1v) is 10.6. The minimum Gasteiger partial charge on any atom is -0.486 e. The molecule has 3 aromatic carbocycles. The summed E-state index contributed by atoms with van der Waals surface area (Å²) in [6.07, 6.45) is 0. The highest BCUT2D eigenvalue weighted by Crippen LogP contribution is 2.32. The Morgan fingerprint density at radius 2 is 1.61 bits per heavy atom. The quantitative estimate of drug-likeness (QED) is 0.398. The summed E-state index contributed by atoms with van der Waals surface area (Å²) in [4.78, 5) is 38.0. The summed E-state index contributed by atoms with van der Waals surface area (Å²) in [5, 5.41) is 3.20. The number of hydrogen-bond acceptors (Lipinski definition) is 6. The third kappa shape index (κ3) is 5.27. The van der Waals surface area contributed by atoms with E-state index in [1.165, 1.54) is 24.3 Å². The molecule has 7 nitrogen and oxygen atoms in total. The van der Waals surface area contributed by atoms with E-state index in [9.17, 15) is 14.4 Å². The number of ether oxygens (including phenoxy) is 3. The molecule has 168 valence electrons. The number of carbonyl (C=O) groups excluding carboxylic acids is 3. The molecule has 1 aliphatic heterocycles. The molecule has 4 rings (SSSR count). The van der Waals surface area contributed by atoms with E-state index in [0.29, 0.717) is 41.0 Å². The Balaban J connectivity index is 1.46. The van der Waals surface area contributed by atoms with Crippen LogP contribution in [0.2, 0.25) is 10.0 Å². The zero-order valence-electron chi connectivity index (χ0n) is 17.1. The highest BCUT2D eigenvalue weighted by molar-refractivity contribution is 6.35. The minimum absolute atomic E-state index is 0.0333. The van der Waals surface area contributed by atoms with E-state index in [4.69, 9.17) is 37.4 Å². The van der Waals surface area contributed by atoms with Gasteiger partial charge >= 0.3 is 5.97 Å². The third-order valence-electron chi connectivity index (χ3n) is 4.73. The van der Waals surface area contributed by atoms with E-state index in [1.807, 2.05) is 0 Å². The van der Waals surface area contributed by atoms with Crippen molar-refractivity contribution in [3.63, 3.8) is 0 Å². The van der Waals surface area contributed by atoms with Crippen molar-refractivity contribution in [1.82, 2.24) is 0 Å². The molecule has 0 unspecified atom stereocenters. The smallest absolute Gasteiger partial charge is 0.339 e. The molecule has 33 heavy (non-hydrogen) atoms. The molecule has 0 atom stereocenters. The van der Waals surface area contributed by atoms with Crippen LogP contribution in [0.1, 0.15) is 26.3 Å². The van der Waals surface area contributed by atoms with Crippen molar-refractivity contribution in [3.05, 3.63) is 87.4 Å². The maximum absolute atomic E-state index is 13.1. The van der Waals surface area contributed by atoms with Crippen molar-refractivity contribution in [2.45, 2.75) is 0 Å². The van der Waals surface area contributed by atoms with E-state index < -0.39 is 24.3 Å². The number of anilines is 1. The lowest BCUT2D eigenvalue weighted by molar-refractivity contribution is -0.119. The van der Waals surface area contributed by atoms with Gasteiger partial charge in [-0.05, 0) is 42.5 Å². The molecule has 0 aromatic heterocycles. The average Bonchev–Trinajstić information content (AvgIpc) is 2.84. The van der Waals surface area contributed by atoms with Crippen LogP contribution in [0.25, 0.3) is 0 Å². The summed E-state index contributed by atoms with van der Waals surface area (Å²) >= 11 is 11.9. The van der Waals surface area contributed by atoms with Crippen LogP contribution in [0, 0.1) is 0 Å². The van der Waals surface area contributed by atoms with Gasteiger partial charge in [-0.3, -0.25) is 9.59 Å². The van der Waals surface area contributed by atoms with Gasteiger partial charge in [0, 0.05) is 16.1 Å². The summed E-state index contributed by atoms with van der Waals surface area (Å²) in [6.45, 7) is 0.246. The molecule has 1 amide bonds. The van der Waals surface area contributed by atoms with Gasteiger partial charge < -0.3 is 19.5 Å². The third-order valence-corrected chi connectivity index (χ3v) is 5.30. The Morgan fingerprint density at radius 1 is 0.879 bits per heavy atom. The lowest BCUT2D eigenvalue weighted by Crippen LogP contribution is -2.22. The second-order valence-electron chi connectivity index (χ2n) is 6.98. The van der Waals surface area contributed by atoms with E-state index in [0.717, 1.165) is 0 Å². The number of amides is 1. The Bertz CT molecular complexity index is 1240. The van der Waals surface area contributed by atoms with Crippen LogP contribution in [0.4, 0.5) is 5.69 Å². The van der Waals surface area contributed by atoms with Crippen LogP contribution in [-0.2, 0) is 9.53 Å². The van der Waals surface area contributed by atoms with Crippen molar-refractivity contribution in [2.75, 3.05) is 25.1 Å². The van der Waals surface area contributed by atoms with Gasteiger partial charge in [-0.25, -0.2) is 4.79 Å². The molecule has 0 bridgehead atoms. The number of esters is 1. The summed E-state index contributed by atoms with van der Waals surface area (Å²) in [7, 11) is 0. The standard InChI is InChI=1S/C24H17Cl2NO6/c25-15-6-7-18(26)19(12-15)27-22(28)13-33-24(30)17-4-2-1-3-16(17)23(29)14-5-8-20-21(11-14)32-10-9-31-20/h1-8,11-12H,9-10,13H2,(H,27,28). The number of carbonyl (C=O) groups is 3. The van der Waals surface area contributed by atoms with Crippen LogP contribution in [0.3, 0.4) is 0 Å². The molecular formula is C24H17Cl2NO6. The van der Waals surface area contributed by atoms with Gasteiger partial charge in [0.2, 0.25) is 0 Å². The maximum Gasteiger partial charge on any atom is 0.339 e. The predicted octanol–water partition coefficient (Wildman–Crippen LogP) is 4.79. The first kappa shape index (κ1) is 22.6. The monoisotopic (exact) mass is 485 g/mol. The number of rotatable bonds is 6. The number of halogens is 2. The van der Waals surface area contributed by atoms with Crippen molar-refractivity contribution in [2.24, 2.45) is 0 Å². The van der Waals surface area contributed by atoms with Crippen LogP contribution in [0.5, 0.6) is 11.5 Å². The van der Waals surface area contributed by atoms with Gasteiger partial charge in [0.05, 0.1) is 16.3 Å². The van der Waals surface area contributed by atoms with Gasteiger partial charge in [-0.2, -0.15) is 0 Å². The van der Waals surface area contributed by atoms with Crippen molar-refractivity contribution in [3.8, 4) is 11.5 Å². The second-order valence-corrected chi connectivity index (χ2v) is 7.83. The molecule has 0 saturated heterocycles. The van der Waals surface area contributed by atoms with Crippen LogP contribution < -0.4 is 14.8 Å². The van der Waals surface area contributed by atoms with Crippen LogP contribution in [-0.4, -0.2) is 37.5 Å². The molecule has 0 saturated carbocycles. The van der Waals surface area contributed by atoms with Gasteiger partial charge in [0.1, 0.15) is 13.2 Å². The van der Waals surface area contributed by atoms with E-state index >= 15 is 0 Å². The molecule has 0 radical (unpaired) electrons. The first-order valence-electron chi connectivity index (χ1n) is 9.88. The Morgan fingerprint density at radius 3 is 2.39 bits per heavy atom. The molecular weight excluding hydrogens is 469 g/mol. The molecule has 1 heterocycles. The van der Waals surface area contributed by atoms with Gasteiger partial charge in [0.15, 0.2) is 23.9 Å². The van der Waals surface area contributed by atoms with Gasteiger partial charge in [0.25, 0.3) is 5.91 Å². The molecule has 9 heteroatoms. The van der Waals surface area contributed by atoms with Crippen molar-refractivity contribution >= 4 is 46.5 Å². The fraction of sp³-hybridized carbons (Fsp3) is 0.125. The molecule has 1 N–H and O–H groups in total. The largest absolute Gasteiger partial charge is 0.486 e. The minimum atomic E-state index is -0.816. The SMILES string of the molecule is O=C(COC(=O)c1ccccc1C(=O)c1ccc2c(c1)OCCO2)Nc1cc(Cl)ccc1Cl. The van der Waals surface area contributed by atoms with Crippen LogP contribution >= 0.6 is 23.2 Å². The lowest BCUT2D eigenvalue weighted by Gasteiger charge is -2.18. The number of hydrogen-bond donors (Lipinski definition) is 1. The van der Waals surface area contributed by atoms with Crippen LogP contribution in [0.15, 0.2) is 60.7 Å². The first-order chi connectivity index (χ1) is 15.9.